The van der Waals surface area contributed by atoms with Crippen molar-refractivity contribution in [2.75, 3.05) is 7.11 Å². The fraction of sp³-hybridized carbons (Fsp3) is 0.522. The third-order valence-corrected chi connectivity index (χ3v) is 4.58. The fourth-order valence-corrected chi connectivity index (χ4v) is 2.87. The molecule has 0 aliphatic heterocycles. The van der Waals surface area contributed by atoms with Crippen LogP contribution in [0.4, 0.5) is 0 Å². The van der Waals surface area contributed by atoms with E-state index >= 15 is 0 Å². The van der Waals surface area contributed by atoms with Crippen LogP contribution in [0.2, 0.25) is 0 Å². The van der Waals surface area contributed by atoms with E-state index in [1.54, 1.807) is 6.92 Å². The van der Waals surface area contributed by atoms with Crippen molar-refractivity contribution in [3.8, 4) is 0 Å². The molecule has 1 aromatic carbocycles. The highest BCUT2D eigenvalue weighted by Crippen LogP contribution is 2.06. The zero-order chi connectivity index (χ0) is 21.5. The lowest BCUT2D eigenvalue weighted by molar-refractivity contribution is -0.145. The third-order valence-electron chi connectivity index (χ3n) is 4.58. The molecule has 6 heteroatoms. The van der Waals surface area contributed by atoms with Gasteiger partial charge in [0, 0.05) is 6.42 Å². The van der Waals surface area contributed by atoms with Crippen molar-refractivity contribution < 1.29 is 19.1 Å². The maximum Gasteiger partial charge on any atom is 0.328 e. The molecule has 29 heavy (non-hydrogen) atoms. The van der Waals surface area contributed by atoms with Gasteiger partial charge in [0.05, 0.1) is 7.11 Å². The second kappa shape index (κ2) is 14.4. The van der Waals surface area contributed by atoms with Gasteiger partial charge in [-0.05, 0) is 31.4 Å². The van der Waals surface area contributed by atoms with Gasteiger partial charge in [-0.15, -0.1) is 0 Å². The number of amides is 2. The van der Waals surface area contributed by atoms with Gasteiger partial charge in [-0.1, -0.05) is 69.0 Å². The van der Waals surface area contributed by atoms with Crippen LogP contribution in [0.25, 0.3) is 0 Å². The van der Waals surface area contributed by atoms with E-state index in [1.165, 1.54) is 32.4 Å². The highest BCUT2D eigenvalue weighted by Gasteiger charge is 2.24. The van der Waals surface area contributed by atoms with E-state index in [2.05, 4.69) is 17.6 Å². The van der Waals surface area contributed by atoms with Gasteiger partial charge in [0.1, 0.15) is 12.1 Å². The molecule has 6 nitrogen and oxygen atoms in total. The summed E-state index contributed by atoms with van der Waals surface area (Å²) in [6.07, 6.45) is 10.3. The first-order valence-corrected chi connectivity index (χ1v) is 10.4. The zero-order valence-electron chi connectivity index (χ0n) is 17.8. The van der Waals surface area contributed by atoms with Gasteiger partial charge in [-0.3, -0.25) is 9.59 Å². The first kappa shape index (κ1) is 24.4. The molecule has 2 N–H and O–H groups in total. The molecule has 1 aromatic rings. The van der Waals surface area contributed by atoms with E-state index in [1.807, 2.05) is 36.4 Å². The number of rotatable bonds is 13. The lowest BCUT2D eigenvalue weighted by atomic mass is 10.1. The summed E-state index contributed by atoms with van der Waals surface area (Å²) < 4.78 is 4.79. The Kier molecular flexibility index (Phi) is 12.1. The summed E-state index contributed by atoms with van der Waals surface area (Å²) in [4.78, 5) is 36.4. The zero-order valence-corrected chi connectivity index (χ0v) is 17.8. The van der Waals surface area contributed by atoms with Crippen molar-refractivity contribution in [3.63, 3.8) is 0 Å². The number of carbonyl (C=O) groups is 3. The quantitative estimate of drug-likeness (QED) is 0.301. The van der Waals surface area contributed by atoms with Crippen LogP contribution >= 0.6 is 0 Å². The first-order valence-electron chi connectivity index (χ1n) is 10.4. The van der Waals surface area contributed by atoms with Crippen molar-refractivity contribution in [2.45, 2.75) is 70.9 Å². The molecule has 0 aromatic heterocycles. The van der Waals surface area contributed by atoms with E-state index in [9.17, 15) is 14.4 Å². The highest BCUT2D eigenvalue weighted by molar-refractivity contribution is 5.94. The Bertz CT molecular complexity index is 658. The van der Waals surface area contributed by atoms with Crippen molar-refractivity contribution in [3.05, 3.63) is 48.0 Å². The molecule has 2 amide bonds. The van der Waals surface area contributed by atoms with Gasteiger partial charge in [0.2, 0.25) is 11.8 Å². The van der Waals surface area contributed by atoms with Crippen LogP contribution in [0, 0.1) is 0 Å². The lowest BCUT2D eigenvalue weighted by Gasteiger charge is -2.19. The van der Waals surface area contributed by atoms with Crippen LogP contribution in [0.1, 0.15) is 57.9 Å². The summed E-state index contributed by atoms with van der Waals surface area (Å²) in [7, 11) is 1.28. The van der Waals surface area contributed by atoms with Crippen molar-refractivity contribution in [1.82, 2.24) is 10.6 Å². The number of allylic oxidation sites excluding steroid dienone is 1. The van der Waals surface area contributed by atoms with Gasteiger partial charge >= 0.3 is 5.97 Å². The minimum atomic E-state index is -0.812. The highest BCUT2D eigenvalue weighted by atomic mass is 16.5. The molecule has 0 spiro atoms. The number of ether oxygens (including phenoxy) is 1. The van der Waals surface area contributed by atoms with Crippen LogP contribution in [0.15, 0.2) is 42.5 Å². The van der Waals surface area contributed by atoms with E-state index < -0.39 is 24.0 Å². The van der Waals surface area contributed by atoms with Crippen LogP contribution in [0.3, 0.4) is 0 Å². The Hall–Kier alpha value is -2.63. The number of hydrogen-bond acceptors (Lipinski definition) is 4. The molecule has 0 radical (unpaired) electrons. The summed E-state index contributed by atoms with van der Waals surface area (Å²) in [5.74, 6) is -1.28. The average Bonchev–Trinajstić information content (AvgIpc) is 2.72. The fourth-order valence-electron chi connectivity index (χ4n) is 2.87. The molecule has 0 fully saturated rings. The van der Waals surface area contributed by atoms with Gasteiger partial charge in [-0.25, -0.2) is 4.79 Å². The molecule has 160 valence electrons. The SMILES string of the molecule is CCCCCCCC=CC(=O)N[C@@H](C)C(=O)N[C@@H](Cc1ccccc1)C(=O)OC. The Labute approximate surface area is 174 Å². The first-order chi connectivity index (χ1) is 14.0. The number of methoxy groups -OCH3 is 1. The second-order valence-corrected chi connectivity index (χ2v) is 7.11. The molecule has 0 bridgehead atoms. The standard InChI is InChI=1S/C23H34N2O4/c1-4-5-6-7-8-9-13-16-21(26)24-18(2)22(27)25-20(23(28)29-3)17-19-14-11-10-12-15-19/h10-16,18,20H,4-9,17H2,1-3H3,(H,24,26)(H,25,27)/t18-,20-/m0/s1. The normalized spacial score (nSPS) is 12.9. The summed E-state index contributed by atoms with van der Waals surface area (Å²) in [6.45, 7) is 3.76. The second-order valence-electron chi connectivity index (χ2n) is 7.11. The molecule has 0 saturated carbocycles. The van der Waals surface area contributed by atoms with Crippen LogP contribution in [-0.2, 0) is 25.5 Å². The van der Waals surface area contributed by atoms with Crippen LogP contribution in [-0.4, -0.2) is 37.0 Å². The molecular weight excluding hydrogens is 368 g/mol. The number of carbonyl (C=O) groups excluding carboxylic acids is 3. The van der Waals surface area contributed by atoms with E-state index in [0.29, 0.717) is 6.42 Å². The molecule has 0 heterocycles. The predicted octanol–water partition coefficient (Wildman–Crippen LogP) is 3.31. The molecule has 0 aliphatic carbocycles. The predicted molar refractivity (Wildman–Crippen MR) is 114 cm³/mol. The van der Waals surface area contributed by atoms with Crippen LogP contribution in [0.5, 0.6) is 0 Å². The number of nitrogens with one attached hydrogen (secondary N) is 2. The number of esters is 1. The Morgan fingerprint density at radius 2 is 1.72 bits per heavy atom. The van der Waals surface area contributed by atoms with Crippen molar-refractivity contribution in [1.29, 1.82) is 0 Å². The summed E-state index contributed by atoms with van der Waals surface area (Å²) in [5.41, 5.74) is 0.904. The van der Waals surface area contributed by atoms with Gasteiger partial charge in [0.25, 0.3) is 0 Å². The minimum Gasteiger partial charge on any atom is -0.467 e. The van der Waals surface area contributed by atoms with E-state index in [4.69, 9.17) is 4.74 Å². The minimum absolute atomic E-state index is 0.317. The van der Waals surface area contributed by atoms with E-state index in [-0.39, 0.29) is 5.91 Å². The van der Waals surface area contributed by atoms with E-state index in [0.717, 1.165) is 24.8 Å². The van der Waals surface area contributed by atoms with Gasteiger partial charge in [0.15, 0.2) is 0 Å². The number of benzene rings is 1. The number of unbranched alkanes of at least 4 members (excludes halogenated alkanes) is 5. The molecule has 0 unspecified atom stereocenters. The molecule has 0 aliphatic rings. The smallest absolute Gasteiger partial charge is 0.328 e. The monoisotopic (exact) mass is 402 g/mol. The topological polar surface area (TPSA) is 84.5 Å². The van der Waals surface area contributed by atoms with Gasteiger partial charge < -0.3 is 15.4 Å². The van der Waals surface area contributed by atoms with Crippen LogP contribution < -0.4 is 10.6 Å². The lowest BCUT2D eigenvalue weighted by Crippen LogP contribution is -2.51. The third kappa shape index (κ3) is 10.5. The molecule has 1 rings (SSSR count). The summed E-state index contributed by atoms with van der Waals surface area (Å²) >= 11 is 0. The average molecular weight is 403 g/mol. The summed E-state index contributed by atoms with van der Waals surface area (Å²) in [6, 6.07) is 7.79. The summed E-state index contributed by atoms with van der Waals surface area (Å²) in [5, 5.41) is 5.29. The maximum absolute atomic E-state index is 12.4. The Morgan fingerprint density at radius 1 is 1.03 bits per heavy atom. The number of hydrogen-bond donors (Lipinski definition) is 2. The maximum atomic E-state index is 12.4. The molecular formula is C23H34N2O4. The Balaban J connectivity index is 2.46. The molecule has 0 saturated heterocycles. The van der Waals surface area contributed by atoms with Gasteiger partial charge in [-0.2, -0.15) is 0 Å². The molecule has 2 atom stereocenters. The largest absolute Gasteiger partial charge is 0.467 e. The Morgan fingerprint density at radius 3 is 2.38 bits per heavy atom. The van der Waals surface area contributed by atoms with Crippen molar-refractivity contribution >= 4 is 17.8 Å². The van der Waals surface area contributed by atoms with Crippen molar-refractivity contribution in [2.24, 2.45) is 0 Å².